The summed E-state index contributed by atoms with van der Waals surface area (Å²) in [5.41, 5.74) is 1.79. The van der Waals surface area contributed by atoms with Crippen molar-refractivity contribution >= 4 is 28.2 Å². The van der Waals surface area contributed by atoms with Gasteiger partial charge in [-0.15, -0.1) is 11.3 Å². The number of carbonyl (C=O) groups is 2. The van der Waals surface area contributed by atoms with Crippen LogP contribution in [0.15, 0.2) is 30.3 Å². The third kappa shape index (κ3) is 3.13. The van der Waals surface area contributed by atoms with Crippen LogP contribution in [0.4, 0.5) is 5.00 Å². The number of benzene rings is 1. The molecule has 110 valence electrons. The lowest BCUT2D eigenvalue weighted by Gasteiger charge is -2.12. The van der Waals surface area contributed by atoms with Crippen LogP contribution in [0.5, 0.6) is 0 Å². The van der Waals surface area contributed by atoms with Crippen LogP contribution in [-0.4, -0.2) is 17.0 Å². The predicted octanol–water partition coefficient (Wildman–Crippen LogP) is 3.81. The smallest absolute Gasteiger partial charge is 0.338 e. The minimum Gasteiger partial charge on any atom is -0.478 e. The Morgan fingerprint density at radius 3 is 2.38 bits per heavy atom. The molecule has 2 rings (SSSR count). The van der Waals surface area contributed by atoms with E-state index in [1.807, 2.05) is 37.3 Å². The zero-order valence-corrected chi connectivity index (χ0v) is 13.0. The van der Waals surface area contributed by atoms with E-state index in [2.05, 4.69) is 5.32 Å². The molecule has 2 N–H and O–H groups in total. The Morgan fingerprint density at radius 1 is 1.19 bits per heavy atom. The van der Waals surface area contributed by atoms with Crippen LogP contribution < -0.4 is 5.32 Å². The van der Waals surface area contributed by atoms with E-state index in [1.54, 1.807) is 13.8 Å². The van der Waals surface area contributed by atoms with Crippen molar-refractivity contribution in [3.63, 3.8) is 0 Å². The van der Waals surface area contributed by atoms with Gasteiger partial charge in [0.1, 0.15) is 5.00 Å². The van der Waals surface area contributed by atoms with Crippen molar-refractivity contribution in [2.24, 2.45) is 0 Å². The highest BCUT2D eigenvalue weighted by Crippen LogP contribution is 2.33. The first-order valence-corrected chi connectivity index (χ1v) is 7.42. The maximum atomic E-state index is 12.3. The Bertz CT molecular complexity index is 676. The second-order valence-corrected chi connectivity index (χ2v) is 6.14. The maximum Gasteiger partial charge on any atom is 0.338 e. The zero-order chi connectivity index (χ0) is 15.6. The second-order valence-electron chi connectivity index (χ2n) is 4.91. The van der Waals surface area contributed by atoms with Crippen molar-refractivity contribution < 1.29 is 14.7 Å². The minimum atomic E-state index is -1.01. The van der Waals surface area contributed by atoms with Crippen molar-refractivity contribution in [2.75, 3.05) is 5.32 Å². The summed E-state index contributed by atoms with van der Waals surface area (Å²) < 4.78 is 0. The van der Waals surface area contributed by atoms with Crippen LogP contribution in [0.25, 0.3) is 0 Å². The van der Waals surface area contributed by atoms with Gasteiger partial charge in [-0.3, -0.25) is 4.79 Å². The lowest BCUT2D eigenvalue weighted by Crippen LogP contribution is -2.19. The molecular formula is C16H17NO3S. The van der Waals surface area contributed by atoms with Crippen molar-refractivity contribution in [3.05, 3.63) is 51.9 Å². The van der Waals surface area contributed by atoms with Crippen LogP contribution >= 0.6 is 11.3 Å². The van der Waals surface area contributed by atoms with Crippen molar-refractivity contribution in [1.82, 2.24) is 0 Å². The summed E-state index contributed by atoms with van der Waals surface area (Å²) in [4.78, 5) is 24.5. The number of nitrogens with one attached hydrogen (secondary N) is 1. The lowest BCUT2D eigenvalue weighted by atomic mass is 10.0. The third-order valence-electron chi connectivity index (χ3n) is 3.53. The van der Waals surface area contributed by atoms with Crippen LogP contribution in [0, 0.1) is 13.8 Å². The fourth-order valence-corrected chi connectivity index (χ4v) is 3.14. The average molecular weight is 303 g/mol. The quantitative estimate of drug-likeness (QED) is 0.902. The lowest BCUT2D eigenvalue weighted by molar-refractivity contribution is -0.117. The van der Waals surface area contributed by atoms with E-state index in [0.717, 1.165) is 10.4 Å². The molecule has 0 fully saturated rings. The summed E-state index contributed by atoms with van der Waals surface area (Å²) >= 11 is 1.30. The molecule has 0 spiro atoms. The van der Waals surface area contributed by atoms with Crippen molar-refractivity contribution in [1.29, 1.82) is 0 Å². The van der Waals surface area contributed by atoms with Crippen molar-refractivity contribution in [2.45, 2.75) is 26.7 Å². The van der Waals surface area contributed by atoms with Gasteiger partial charge in [0.15, 0.2) is 0 Å². The van der Waals surface area contributed by atoms with E-state index in [1.165, 1.54) is 11.3 Å². The Hall–Kier alpha value is -2.14. The fraction of sp³-hybridized carbons (Fsp3) is 0.250. The molecule has 0 saturated heterocycles. The molecule has 0 aliphatic rings. The number of aryl methyl sites for hydroxylation is 1. The summed E-state index contributed by atoms with van der Waals surface area (Å²) in [5.74, 6) is -1.56. The molecule has 4 nitrogen and oxygen atoms in total. The van der Waals surface area contributed by atoms with Gasteiger partial charge >= 0.3 is 5.97 Å². The fourth-order valence-electron chi connectivity index (χ4n) is 2.09. The van der Waals surface area contributed by atoms with Gasteiger partial charge in [-0.25, -0.2) is 4.79 Å². The molecule has 1 unspecified atom stereocenters. The van der Waals surface area contributed by atoms with E-state index in [4.69, 9.17) is 0 Å². The molecule has 2 aromatic rings. The molecule has 1 aromatic heterocycles. The van der Waals surface area contributed by atoms with Gasteiger partial charge in [0, 0.05) is 4.88 Å². The zero-order valence-electron chi connectivity index (χ0n) is 12.1. The van der Waals surface area contributed by atoms with E-state index in [0.29, 0.717) is 10.6 Å². The SMILES string of the molecule is Cc1sc(NC(=O)C(C)c2ccccc2)c(C(=O)O)c1C. The number of anilines is 1. The van der Waals surface area contributed by atoms with E-state index in [9.17, 15) is 14.7 Å². The number of thiophene rings is 1. The molecule has 1 amide bonds. The van der Waals surface area contributed by atoms with Gasteiger partial charge in [-0.2, -0.15) is 0 Å². The van der Waals surface area contributed by atoms with Crippen LogP contribution in [-0.2, 0) is 4.79 Å². The first-order valence-electron chi connectivity index (χ1n) is 6.61. The molecule has 0 aliphatic heterocycles. The third-order valence-corrected chi connectivity index (χ3v) is 4.65. The number of carboxylic acid groups (broad SMARTS) is 1. The average Bonchev–Trinajstić information content (AvgIpc) is 2.73. The van der Waals surface area contributed by atoms with Gasteiger partial charge in [0.2, 0.25) is 5.91 Å². The first kappa shape index (κ1) is 15.3. The number of carboxylic acids is 1. The van der Waals surface area contributed by atoms with E-state index < -0.39 is 5.97 Å². The number of hydrogen-bond donors (Lipinski definition) is 2. The molecule has 5 heteroatoms. The molecule has 0 saturated carbocycles. The maximum absolute atomic E-state index is 12.3. The number of amides is 1. The topological polar surface area (TPSA) is 66.4 Å². The highest BCUT2D eigenvalue weighted by Gasteiger charge is 2.22. The van der Waals surface area contributed by atoms with Crippen LogP contribution in [0.2, 0.25) is 0 Å². The standard InChI is InChI=1S/C16H17NO3S/c1-9-11(3)21-15(13(9)16(19)20)17-14(18)10(2)12-7-5-4-6-8-12/h4-8,10H,1-3H3,(H,17,18)(H,19,20). The Labute approximate surface area is 127 Å². The molecule has 1 heterocycles. The van der Waals surface area contributed by atoms with Gasteiger partial charge in [-0.1, -0.05) is 30.3 Å². The van der Waals surface area contributed by atoms with Gasteiger partial charge < -0.3 is 10.4 Å². The summed E-state index contributed by atoms with van der Waals surface area (Å²) in [7, 11) is 0. The molecule has 0 aliphatic carbocycles. The monoisotopic (exact) mass is 303 g/mol. The highest BCUT2D eigenvalue weighted by atomic mass is 32.1. The first-order chi connectivity index (χ1) is 9.91. The molecular weight excluding hydrogens is 286 g/mol. The van der Waals surface area contributed by atoms with E-state index in [-0.39, 0.29) is 17.4 Å². The van der Waals surface area contributed by atoms with Crippen LogP contribution in [0.3, 0.4) is 0 Å². The summed E-state index contributed by atoms with van der Waals surface area (Å²) in [6.07, 6.45) is 0. The summed E-state index contributed by atoms with van der Waals surface area (Å²) in [6, 6.07) is 9.41. The number of aromatic carboxylic acids is 1. The number of carbonyl (C=O) groups excluding carboxylic acids is 1. The normalized spacial score (nSPS) is 12.0. The van der Waals surface area contributed by atoms with Crippen molar-refractivity contribution in [3.8, 4) is 0 Å². The van der Waals surface area contributed by atoms with E-state index >= 15 is 0 Å². The van der Waals surface area contributed by atoms with Crippen LogP contribution in [0.1, 0.15) is 39.2 Å². The largest absolute Gasteiger partial charge is 0.478 e. The van der Waals surface area contributed by atoms with Gasteiger partial charge in [-0.05, 0) is 31.9 Å². The Morgan fingerprint density at radius 2 is 1.81 bits per heavy atom. The number of hydrogen-bond acceptors (Lipinski definition) is 3. The summed E-state index contributed by atoms with van der Waals surface area (Å²) in [6.45, 7) is 5.41. The highest BCUT2D eigenvalue weighted by molar-refractivity contribution is 7.16. The Kier molecular flexibility index (Phi) is 4.43. The van der Waals surface area contributed by atoms with Gasteiger partial charge in [0.25, 0.3) is 0 Å². The molecule has 0 bridgehead atoms. The minimum absolute atomic E-state index is 0.186. The van der Waals surface area contributed by atoms with Gasteiger partial charge in [0.05, 0.1) is 11.5 Å². The molecule has 0 radical (unpaired) electrons. The Balaban J connectivity index is 2.24. The second kappa shape index (κ2) is 6.10. The molecule has 1 atom stereocenters. The number of rotatable bonds is 4. The molecule has 21 heavy (non-hydrogen) atoms. The summed E-state index contributed by atoms with van der Waals surface area (Å²) in [5, 5.41) is 12.4. The predicted molar refractivity (Wildman–Crippen MR) is 84.2 cm³/mol. The molecule has 1 aromatic carbocycles.